The van der Waals surface area contributed by atoms with Gasteiger partial charge in [0.15, 0.2) is 0 Å². The van der Waals surface area contributed by atoms with Crippen molar-refractivity contribution in [3.05, 3.63) is 0 Å². The van der Waals surface area contributed by atoms with Gasteiger partial charge in [-0.1, -0.05) is 6.92 Å². The Labute approximate surface area is 62.2 Å². The molecular weight excluding hydrogens is 129 g/mol. The SMILES string of the molecule is CC1C(F)CCN(C)C1C. The minimum absolute atomic E-state index is 0.207. The van der Waals surface area contributed by atoms with Crippen LogP contribution >= 0.6 is 0 Å². The summed E-state index contributed by atoms with van der Waals surface area (Å²) in [7, 11) is 2.06. The van der Waals surface area contributed by atoms with Crippen LogP contribution in [-0.2, 0) is 0 Å². The summed E-state index contributed by atoms with van der Waals surface area (Å²) in [4.78, 5) is 2.22. The van der Waals surface area contributed by atoms with Crippen LogP contribution in [0.15, 0.2) is 0 Å². The largest absolute Gasteiger partial charge is 0.303 e. The van der Waals surface area contributed by atoms with E-state index in [9.17, 15) is 4.39 Å². The lowest BCUT2D eigenvalue weighted by atomic mass is 9.91. The fourth-order valence-corrected chi connectivity index (χ4v) is 1.50. The molecular formula is C8H16FN. The Kier molecular flexibility index (Phi) is 2.29. The predicted molar refractivity (Wildman–Crippen MR) is 40.8 cm³/mol. The van der Waals surface area contributed by atoms with Gasteiger partial charge in [-0.25, -0.2) is 4.39 Å². The van der Waals surface area contributed by atoms with Gasteiger partial charge in [0.25, 0.3) is 0 Å². The molecule has 1 fully saturated rings. The summed E-state index contributed by atoms with van der Waals surface area (Å²) in [5.41, 5.74) is 0. The molecule has 0 saturated carbocycles. The van der Waals surface area contributed by atoms with Gasteiger partial charge in [-0.05, 0) is 20.4 Å². The molecule has 0 aromatic carbocycles. The Morgan fingerprint density at radius 3 is 2.50 bits per heavy atom. The van der Waals surface area contributed by atoms with Crippen molar-refractivity contribution in [1.82, 2.24) is 4.90 Å². The van der Waals surface area contributed by atoms with Gasteiger partial charge in [-0.15, -0.1) is 0 Å². The van der Waals surface area contributed by atoms with Crippen LogP contribution in [0.4, 0.5) is 4.39 Å². The summed E-state index contributed by atoms with van der Waals surface area (Å²) in [6, 6.07) is 0.406. The van der Waals surface area contributed by atoms with E-state index < -0.39 is 6.17 Å². The van der Waals surface area contributed by atoms with Gasteiger partial charge >= 0.3 is 0 Å². The van der Waals surface area contributed by atoms with E-state index in [-0.39, 0.29) is 5.92 Å². The maximum atomic E-state index is 13.0. The van der Waals surface area contributed by atoms with Gasteiger partial charge in [0, 0.05) is 18.5 Å². The molecule has 3 unspecified atom stereocenters. The molecule has 60 valence electrons. The molecule has 0 aromatic heterocycles. The first-order chi connectivity index (χ1) is 4.63. The third-order valence-corrected chi connectivity index (χ3v) is 2.78. The molecule has 0 aromatic rings. The number of halogens is 1. The molecule has 1 saturated heterocycles. The number of likely N-dealkylation sites (tertiary alicyclic amines) is 1. The lowest BCUT2D eigenvalue weighted by Crippen LogP contribution is -2.44. The van der Waals surface area contributed by atoms with Gasteiger partial charge in [-0.2, -0.15) is 0 Å². The molecule has 0 N–H and O–H groups in total. The Bertz CT molecular complexity index is 102. The van der Waals surface area contributed by atoms with Gasteiger partial charge in [0.05, 0.1) is 0 Å². The highest BCUT2D eigenvalue weighted by atomic mass is 19.1. The summed E-state index contributed by atoms with van der Waals surface area (Å²) < 4.78 is 13.0. The van der Waals surface area contributed by atoms with Crippen molar-refractivity contribution in [3.63, 3.8) is 0 Å². The topological polar surface area (TPSA) is 3.24 Å². The molecule has 3 atom stereocenters. The van der Waals surface area contributed by atoms with Crippen LogP contribution in [-0.4, -0.2) is 30.7 Å². The number of alkyl halides is 1. The van der Waals surface area contributed by atoms with Crippen LogP contribution in [0.1, 0.15) is 20.3 Å². The van der Waals surface area contributed by atoms with E-state index in [4.69, 9.17) is 0 Å². The van der Waals surface area contributed by atoms with Crippen LogP contribution in [0, 0.1) is 5.92 Å². The van der Waals surface area contributed by atoms with Crippen LogP contribution in [0.2, 0.25) is 0 Å². The lowest BCUT2D eigenvalue weighted by molar-refractivity contribution is 0.0648. The standard InChI is InChI=1S/C8H16FN/c1-6-7(2)10(3)5-4-8(6)9/h6-8H,4-5H2,1-3H3. The first-order valence-electron chi connectivity index (χ1n) is 3.97. The quantitative estimate of drug-likeness (QED) is 0.501. The molecule has 0 radical (unpaired) electrons. The molecule has 1 nitrogen and oxygen atoms in total. The van der Waals surface area contributed by atoms with Crippen molar-refractivity contribution in [2.45, 2.75) is 32.5 Å². The van der Waals surface area contributed by atoms with Crippen molar-refractivity contribution in [2.75, 3.05) is 13.6 Å². The number of nitrogens with zero attached hydrogens (tertiary/aromatic N) is 1. The van der Waals surface area contributed by atoms with Gasteiger partial charge in [-0.3, -0.25) is 0 Å². The predicted octanol–water partition coefficient (Wildman–Crippen LogP) is 1.68. The molecule has 10 heavy (non-hydrogen) atoms. The van der Waals surface area contributed by atoms with Crippen molar-refractivity contribution in [3.8, 4) is 0 Å². The molecule has 0 spiro atoms. The van der Waals surface area contributed by atoms with Gasteiger partial charge in [0.1, 0.15) is 6.17 Å². The summed E-state index contributed by atoms with van der Waals surface area (Å²) in [5.74, 6) is 0.207. The fraction of sp³-hybridized carbons (Fsp3) is 1.00. The first kappa shape index (κ1) is 7.99. The third kappa shape index (κ3) is 1.31. The van der Waals surface area contributed by atoms with E-state index in [1.54, 1.807) is 0 Å². The summed E-state index contributed by atoms with van der Waals surface area (Å²) in [6.07, 6.45) is 0.133. The molecule has 0 bridgehead atoms. The highest BCUT2D eigenvalue weighted by Crippen LogP contribution is 2.24. The summed E-state index contributed by atoms with van der Waals surface area (Å²) >= 11 is 0. The zero-order valence-electron chi connectivity index (χ0n) is 6.97. The molecule has 1 aliphatic rings. The van der Waals surface area contributed by atoms with Crippen molar-refractivity contribution >= 4 is 0 Å². The second kappa shape index (κ2) is 2.87. The van der Waals surface area contributed by atoms with Crippen molar-refractivity contribution in [2.24, 2.45) is 5.92 Å². The van der Waals surface area contributed by atoms with Crippen LogP contribution < -0.4 is 0 Å². The van der Waals surface area contributed by atoms with E-state index in [2.05, 4.69) is 18.9 Å². The Balaban J connectivity index is 2.52. The van der Waals surface area contributed by atoms with Crippen molar-refractivity contribution < 1.29 is 4.39 Å². The minimum Gasteiger partial charge on any atom is -0.303 e. The molecule has 2 heteroatoms. The Hall–Kier alpha value is -0.110. The number of rotatable bonds is 0. The molecule has 1 aliphatic heterocycles. The first-order valence-corrected chi connectivity index (χ1v) is 3.97. The van der Waals surface area contributed by atoms with E-state index in [0.717, 1.165) is 6.54 Å². The number of piperidine rings is 1. The Morgan fingerprint density at radius 1 is 1.40 bits per heavy atom. The summed E-state index contributed by atoms with van der Waals surface area (Å²) in [5, 5.41) is 0. The van der Waals surface area contributed by atoms with Crippen LogP contribution in [0.25, 0.3) is 0 Å². The molecule has 0 amide bonds. The zero-order valence-corrected chi connectivity index (χ0v) is 6.97. The van der Waals surface area contributed by atoms with E-state index in [1.165, 1.54) is 0 Å². The average Bonchev–Trinajstić information content (AvgIpc) is 1.93. The fourth-order valence-electron chi connectivity index (χ4n) is 1.50. The number of hydrogen-bond donors (Lipinski definition) is 0. The maximum absolute atomic E-state index is 13.0. The monoisotopic (exact) mass is 145 g/mol. The highest BCUT2D eigenvalue weighted by molar-refractivity contribution is 4.82. The van der Waals surface area contributed by atoms with Crippen LogP contribution in [0.3, 0.4) is 0 Å². The smallest absolute Gasteiger partial charge is 0.105 e. The second-order valence-corrected chi connectivity index (χ2v) is 3.38. The molecule has 0 aliphatic carbocycles. The van der Waals surface area contributed by atoms with Gasteiger partial charge in [0.2, 0.25) is 0 Å². The lowest BCUT2D eigenvalue weighted by Gasteiger charge is -2.37. The summed E-state index contributed by atoms with van der Waals surface area (Å²) in [6.45, 7) is 4.99. The minimum atomic E-state index is -0.578. The Morgan fingerprint density at radius 2 is 2.00 bits per heavy atom. The van der Waals surface area contributed by atoms with E-state index in [1.807, 2.05) is 6.92 Å². The van der Waals surface area contributed by atoms with E-state index >= 15 is 0 Å². The van der Waals surface area contributed by atoms with Gasteiger partial charge < -0.3 is 4.90 Å². The average molecular weight is 145 g/mol. The van der Waals surface area contributed by atoms with E-state index in [0.29, 0.717) is 12.5 Å². The molecule has 1 heterocycles. The maximum Gasteiger partial charge on any atom is 0.105 e. The molecule has 1 rings (SSSR count). The zero-order chi connectivity index (χ0) is 7.72. The number of hydrogen-bond acceptors (Lipinski definition) is 1. The second-order valence-electron chi connectivity index (χ2n) is 3.38. The van der Waals surface area contributed by atoms with Crippen molar-refractivity contribution in [1.29, 1.82) is 0 Å². The van der Waals surface area contributed by atoms with Crippen LogP contribution in [0.5, 0.6) is 0 Å². The highest BCUT2D eigenvalue weighted by Gasteiger charge is 2.29. The third-order valence-electron chi connectivity index (χ3n) is 2.78. The normalized spacial score (nSPS) is 43.8.